The minimum Gasteiger partial charge on any atom is -0.504 e. The molecular formula is C40H48O9. The van der Waals surface area contributed by atoms with E-state index in [1.165, 1.54) is 6.07 Å². The van der Waals surface area contributed by atoms with Gasteiger partial charge in [0.05, 0.1) is 0 Å². The van der Waals surface area contributed by atoms with Crippen LogP contribution < -0.4 is 0 Å². The van der Waals surface area contributed by atoms with Crippen LogP contribution in [0.25, 0.3) is 0 Å². The van der Waals surface area contributed by atoms with E-state index in [9.17, 15) is 46.0 Å². The Labute approximate surface area is 287 Å². The van der Waals surface area contributed by atoms with Crippen molar-refractivity contribution in [3.8, 4) is 51.7 Å². The fourth-order valence-electron chi connectivity index (χ4n) is 7.77. The van der Waals surface area contributed by atoms with E-state index in [-0.39, 0.29) is 22.3 Å². The Morgan fingerprint density at radius 1 is 0.347 bits per heavy atom. The van der Waals surface area contributed by atoms with Crippen LogP contribution in [0.15, 0.2) is 42.5 Å². The van der Waals surface area contributed by atoms with Gasteiger partial charge < -0.3 is 46.0 Å². The maximum Gasteiger partial charge on any atom is 0.200 e. The lowest BCUT2D eigenvalue weighted by Crippen LogP contribution is -2.11. The van der Waals surface area contributed by atoms with E-state index in [1.807, 2.05) is 52.0 Å². The summed E-state index contributed by atoms with van der Waals surface area (Å²) in [5.41, 5.74) is 3.18. The molecule has 0 aliphatic heterocycles. The van der Waals surface area contributed by atoms with E-state index >= 15 is 0 Å². The first kappa shape index (κ1) is 35.4. The molecule has 4 aromatic rings. The van der Waals surface area contributed by atoms with Crippen molar-refractivity contribution in [3.05, 3.63) is 87.0 Å². The van der Waals surface area contributed by atoms with Crippen molar-refractivity contribution in [2.24, 2.45) is 0 Å². The van der Waals surface area contributed by atoms with Crippen molar-refractivity contribution >= 4 is 0 Å². The number of fused-ring (bicyclic) bond motifs is 8. The van der Waals surface area contributed by atoms with Gasteiger partial charge in [-0.2, -0.15) is 0 Å². The summed E-state index contributed by atoms with van der Waals surface area (Å²) in [6, 6.07) is 12.6. The molecule has 1 aliphatic carbocycles. The minimum absolute atomic E-state index is 0.160. The van der Waals surface area contributed by atoms with Crippen molar-refractivity contribution in [2.45, 2.75) is 103 Å². The summed E-state index contributed by atoms with van der Waals surface area (Å²) in [5, 5.41) is 102. The Balaban J connectivity index is 1.99. The normalized spacial score (nSPS) is 18.8. The van der Waals surface area contributed by atoms with E-state index in [1.54, 1.807) is 12.1 Å². The highest BCUT2D eigenvalue weighted by atomic mass is 16.3. The molecular weight excluding hydrogens is 624 g/mol. The summed E-state index contributed by atoms with van der Waals surface area (Å²) < 4.78 is 0. The molecule has 9 heteroatoms. The highest BCUT2D eigenvalue weighted by Crippen LogP contribution is 2.56. The fourth-order valence-corrected chi connectivity index (χ4v) is 7.77. The lowest BCUT2D eigenvalue weighted by atomic mass is 9.76. The van der Waals surface area contributed by atoms with Crippen molar-refractivity contribution in [2.75, 3.05) is 0 Å². The first-order chi connectivity index (χ1) is 23.4. The van der Waals surface area contributed by atoms with Crippen LogP contribution in [0.2, 0.25) is 0 Å². The van der Waals surface area contributed by atoms with Gasteiger partial charge in [-0.05, 0) is 55.0 Å². The Bertz CT molecular complexity index is 1720. The van der Waals surface area contributed by atoms with Gasteiger partial charge in [-0.25, -0.2) is 0 Å². The van der Waals surface area contributed by atoms with E-state index in [0.717, 1.165) is 11.1 Å². The fraction of sp³-hybridized carbons (Fsp3) is 0.400. The van der Waals surface area contributed by atoms with Gasteiger partial charge in [0.1, 0.15) is 0 Å². The number of aromatic hydroxyl groups is 9. The van der Waals surface area contributed by atoms with Crippen LogP contribution in [0.1, 0.15) is 147 Å². The molecule has 0 fully saturated rings. The topological polar surface area (TPSA) is 182 Å². The SMILES string of the molecule is CCC[C@@H]1c2cc(c(O)c(O)c2O)[C@H](CCC)c2cc(c(O)c(O)c2O)[C@H](CCC)c2cccc(c2)[C@H](CCC)c2cc1c(O)c(O)c2O. The largest absolute Gasteiger partial charge is 0.504 e. The van der Waals surface area contributed by atoms with Gasteiger partial charge >= 0.3 is 0 Å². The maximum absolute atomic E-state index is 11.4. The zero-order chi connectivity index (χ0) is 35.7. The Morgan fingerprint density at radius 2 is 0.592 bits per heavy atom. The van der Waals surface area contributed by atoms with Crippen LogP contribution in [0, 0.1) is 0 Å². The summed E-state index contributed by atoms with van der Waals surface area (Å²) in [6.45, 7) is 7.83. The quantitative estimate of drug-likeness (QED) is 0.0824. The van der Waals surface area contributed by atoms with Crippen LogP contribution in [-0.4, -0.2) is 46.0 Å². The molecule has 8 bridgehead atoms. The minimum atomic E-state index is -0.810. The molecule has 0 unspecified atom stereocenters. The highest BCUT2D eigenvalue weighted by Gasteiger charge is 2.34. The Kier molecular flexibility index (Phi) is 10.3. The molecule has 49 heavy (non-hydrogen) atoms. The third kappa shape index (κ3) is 6.11. The monoisotopic (exact) mass is 672 g/mol. The average molecular weight is 673 g/mol. The molecule has 0 aromatic heterocycles. The number of benzene rings is 4. The van der Waals surface area contributed by atoms with E-state index in [2.05, 4.69) is 0 Å². The van der Waals surface area contributed by atoms with Crippen molar-refractivity contribution in [1.82, 2.24) is 0 Å². The van der Waals surface area contributed by atoms with Crippen LogP contribution in [-0.2, 0) is 0 Å². The molecule has 9 N–H and O–H groups in total. The second kappa shape index (κ2) is 14.3. The summed E-state index contributed by atoms with van der Waals surface area (Å²) >= 11 is 0. The lowest BCUT2D eigenvalue weighted by molar-refractivity contribution is 0.351. The van der Waals surface area contributed by atoms with Crippen LogP contribution in [0.4, 0.5) is 0 Å². The van der Waals surface area contributed by atoms with Crippen molar-refractivity contribution in [3.63, 3.8) is 0 Å². The standard InChI is InChI=1S/C40H48O9/c1-5-10-22-20-14-9-15-21(16-20)23(11-6-2)27-18-29(35(44)39(48)33(27)42)25(13-8-4)31-19-30(36(45)40(49)37(31)46)24(12-7-3)28-17-26(22)32(41)38(47)34(28)43/h9,14-19,22-25,41-49H,5-8,10-13H2,1-4H3/t22-,23+,24-,25+. The Morgan fingerprint density at radius 3 is 0.857 bits per heavy atom. The van der Waals surface area contributed by atoms with Crippen LogP contribution in [0.5, 0.6) is 51.7 Å². The van der Waals surface area contributed by atoms with Crippen LogP contribution in [0.3, 0.4) is 0 Å². The molecule has 4 atom stereocenters. The molecule has 262 valence electrons. The number of phenolic OH excluding ortho intramolecular Hbond substituents is 9. The van der Waals surface area contributed by atoms with Gasteiger partial charge in [0.2, 0.25) is 17.2 Å². The molecule has 5 rings (SSSR count). The molecule has 1 aliphatic rings. The number of rotatable bonds is 8. The van der Waals surface area contributed by atoms with Gasteiger partial charge in [-0.1, -0.05) is 77.6 Å². The number of hydrogen-bond donors (Lipinski definition) is 9. The highest BCUT2D eigenvalue weighted by molar-refractivity contribution is 5.68. The zero-order valence-electron chi connectivity index (χ0n) is 28.5. The smallest absolute Gasteiger partial charge is 0.200 e. The molecule has 9 nitrogen and oxygen atoms in total. The molecule has 0 radical (unpaired) electrons. The molecule has 4 aromatic carbocycles. The first-order valence-electron chi connectivity index (χ1n) is 17.3. The Hall–Kier alpha value is -4.92. The van der Waals surface area contributed by atoms with E-state index in [4.69, 9.17) is 0 Å². The molecule has 0 amide bonds. The summed E-state index contributed by atoms with van der Waals surface area (Å²) in [7, 11) is 0. The van der Waals surface area contributed by atoms with Gasteiger partial charge in [-0.3, -0.25) is 0 Å². The van der Waals surface area contributed by atoms with Gasteiger partial charge in [0.15, 0.2) is 34.5 Å². The van der Waals surface area contributed by atoms with E-state index in [0.29, 0.717) is 62.5 Å². The average Bonchev–Trinajstić information content (AvgIpc) is 3.09. The second-order valence-electron chi connectivity index (χ2n) is 13.3. The first-order valence-corrected chi connectivity index (χ1v) is 17.3. The van der Waals surface area contributed by atoms with Gasteiger partial charge in [-0.15, -0.1) is 0 Å². The van der Waals surface area contributed by atoms with Gasteiger partial charge in [0, 0.05) is 57.1 Å². The predicted octanol–water partition coefficient (Wildman–Crippen LogP) is 9.08. The van der Waals surface area contributed by atoms with Crippen molar-refractivity contribution < 1.29 is 46.0 Å². The van der Waals surface area contributed by atoms with Gasteiger partial charge in [0.25, 0.3) is 0 Å². The summed E-state index contributed by atoms with van der Waals surface area (Å²) in [4.78, 5) is 0. The molecule has 0 heterocycles. The molecule has 0 spiro atoms. The molecule has 0 saturated heterocycles. The summed E-state index contributed by atoms with van der Waals surface area (Å²) in [6.07, 6.45) is 4.38. The van der Waals surface area contributed by atoms with Crippen molar-refractivity contribution in [1.29, 1.82) is 0 Å². The predicted molar refractivity (Wildman–Crippen MR) is 188 cm³/mol. The second-order valence-corrected chi connectivity index (χ2v) is 13.3. The van der Waals surface area contributed by atoms with E-state index < -0.39 is 75.4 Å². The third-order valence-corrected chi connectivity index (χ3v) is 10.2. The number of hydrogen-bond acceptors (Lipinski definition) is 9. The lowest BCUT2D eigenvalue weighted by Gasteiger charge is -2.29. The summed E-state index contributed by atoms with van der Waals surface area (Å²) in [5.74, 6) is -7.91. The zero-order valence-corrected chi connectivity index (χ0v) is 28.5. The number of phenols is 9. The molecule has 0 saturated carbocycles. The third-order valence-electron chi connectivity index (χ3n) is 10.2. The maximum atomic E-state index is 11.4. The van der Waals surface area contributed by atoms with Crippen LogP contribution >= 0.6 is 0 Å².